The van der Waals surface area contributed by atoms with Crippen molar-refractivity contribution in [2.45, 2.75) is 6.54 Å². The van der Waals surface area contributed by atoms with Gasteiger partial charge in [0, 0.05) is 21.1 Å². The molecule has 0 fully saturated rings. The second-order valence-corrected chi connectivity index (χ2v) is 4.39. The molecule has 78 valence electrons. The van der Waals surface area contributed by atoms with Gasteiger partial charge in [0.05, 0.1) is 6.54 Å². The minimum atomic E-state index is 0.342. The van der Waals surface area contributed by atoms with Crippen molar-refractivity contribution in [3.8, 4) is 11.3 Å². The summed E-state index contributed by atoms with van der Waals surface area (Å²) in [5.74, 6) is 0.654. The molecule has 0 unspecified atom stereocenters. The van der Waals surface area contributed by atoms with Gasteiger partial charge in [-0.05, 0) is 18.2 Å². The van der Waals surface area contributed by atoms with E-state index < -0.39 is 0 Å². The molecule has 5 heteroatoms. The first-order valence-electron chi connectivity index (χ1n) is 4.31. The van der Waals surface area contributed by atoms with Crippen LogP contribution in [0, 0.1) is 0 Å². The highest BCUT2D eigenvalue weighted by Crippen LogP contribution is 2.26. The Morgan fingerprint density at radius 3 is 2.73 bits per heavy atom. The summed E-state index contributed by atoms with van der Waals surface area (Å²) in [4.78, 5) is 0. The molecular weight excluding hydrogens is 279 g/mol. The third-order valence-electron chi connectivity index (χ3n) is 1.92. The summed E-state index contributed by atoms with van der Waals surface area (Å²) < 4.78 is 5.92. The molecule has 0 saturated heterocycles. The number of nitrogens with zero attached hydrogens (tertiary/aromatic N) is 1. The maximum Gasteiger partial charge on any atom is 0.150 e. The fraction of sp³-hybridized carbons (Fsp3) is 0.100. The van der Waals surface area contributed by atoms with Crippen molar-refractivity contribution in [2.24, 2.45) is 5.73 Å². The predicted molar refractivity (Wildman–Crippen MR) is 62.5 cm³/mol. The van der Waals surface area contributed by atoms with Crippen LogP contribution in [-0.4, -0.2) is 5.16 Å². The van der Waals surface area contributed by atoms with Gasteiger partial charge < -0.3 is 10.3 Å². The molecule has 0 amide bonds. The van der Waals surface area contributed by atoms with Crippen LogP contribution in [0.4, 0.5) is 0 Å². The zero-order chi connectivity index (χ0) is 10.8. The van der Waals surface area contributed by atoms with Crippen LogP contribution in [0.25, 0.3) is 11.3 Å². The van der Waals surface area contributed by atoms with Gasteiger partial charge in [-0.25, -0.2) is 0 Å². The largest absolute Gasteiger partial charge is 0.359 e. The minimum absolute atomic E-state index is 0.342. The van der Waals surface area contributed by atoms with Crippen molar-refractivity contribution < 1.29 is 4.52 Å². The Hall–Kier alpha value is -0.840. The molecule has 1 aromatic carbocycles. The average molecular weight is 288 g/mol. The summed E-state index contributed by atoms with van der Waals surface area (Å²) >= 11 is 9.29. The molecule has 2 aromatic rings. The first kappa shape index (κ1) is 10.7. The van der Waals surface area contributed by atoms with Gasteiger partial charge in [-0.2, -0.15) is 0 Å². The number of rotatable bonds is 2. The zero-order valence-corrected chi connectivity index (χ0v) is 10.0. The fourth-order valence-electron chi connectivity index (χ4n) is 1.25. The average Bonchev–Trinajstić information content (AvgIpc) is 2.64. The molecule has 0 spiro atoms. The van der Waals surface area contributed by atoms with Crippen molar-refractivity contribution in [1.29, 1.82) is 0 Å². The van der Waals surface area contributed by atoms with Gasteiger partial charge >= 0.3 is 0 Å². The Morgan fingerprint density at radius 1 is 1.33 bits per heavy atom. The number of hydrogen-bond donors (Lipinski definition) is 1. The molecule has 0 saturated carbocycles. The smallest absolute Gasteiger partial charge is 0.150 e. The molecule has 3 nitrogen and oxygen atoms in total. The third-order valence-corrected chi connectivity index (χ3v) is 2.59. The highest BCUT2D eigenvalue weighted by atomic mass is 79.9. The summed E-state index contributed by atoms with van der Waals surface area (Å²) in [7, 11) is 0. The van der Waals surface area contributed by atoms with Crippen LogP contribution in [0.15, 0.2) is 33.3 Å². The summed E-state index contributed by atoms with van der Waals surface area (Å²) in [5.41, 5.74) is 7.07. The van der Waals surface area contributed by atoms with Gasteiger partial charge in [-0.15, -0.1) is 0 Å². The molecule has 0 bridgehead atoms. The molecule has 1 aromatic heterocycles. The van der Waals surface area contributed by atoms with Gasteiger partial charge in [0.1, 0.15) is 5.69 Å². The Bertz CT molecular complexity index is 464. The van der Waals surface area contributed by atoms with E-state index in [0.717, 1.165) is 15.7 Å². The summed E-state index contributed by atoms with van der Waals surface area (Å²) in [6, 6.07) is 7.36. The standard InChI is InChI=1S/C10H8BrClN2O/c11-7-1-6(2-8(12)3-7)10-4-9(5-13)15-14-10/h1-4H,5,13H2. The monoisotopic (exact) mass is 286 g/mol. The Kier molecular flexibility index (Phi) is 3.09. The van der Waals surface area contributed by atoms with Gasteiger partial charge in [-0.3, -0.25) is 0 Å². The van der Waals surface area contributed by atoms with Crippen LogP contribution in [0.3, 0.4) is 0 Å². The molecule has 0 aliphatic rings. The number of benzene rings is 1. The van der Waals surface area contributed by atoms with E-state index in [2.05, 4.69) is 21.1 Å². The zero-order valence-electron chi connectivity index (χ0n) is 7.71. The molecule has 1 heterocycles. The molecular formula is C10H8BrClN2O. The van der Waals surface area contributed by atoms with Crippen LogP contribution in [0.2, 0.25) is 5.02 Å². The van der Waals surface area contributed by atoms with Crippen LogP contribution in [-0.2, 0) is 6.54 Å². The van der Waals surface area contributed by atoms with Crippen LogP contribution in [0.5, 0.6) is 0 Å². The second kappa shape index (κ2) is 4.35. The molecule has 2 N–H and O–H groups in total. The summed E-state index contributed by atoms with van der Waals surface area (Å²) in [5, 5.41) is 4.55. The number of nitrogens with two attached hydrogens (primary N) is 1. The lowest BCUT2D eigenvalue weighted by Crippen LogP contribution is -1.92. The highest BCUT2D eigenvalue weighted by Gasteiger charge is 2.06. The number of aromatic nitrogens is 1. The van der Waals surface area contributed by atoms with Crippen molar-refractivity contribution in [1.82, 2.24) is 5.16 Å². The first-order chi connectivity index (χ1) is 7.19. The lowest BCUT2D eigenvalue weighted by Gasteiger charge is -1.98. The van der Waals surface area contributed by atoms with E-state index >= 15 is 0 Å². The lowest BCUT2D eigenvalue weighted by atomic mass is 10.1. The molecule has 0 atom stereocenters. The van der Waals surface area contributed by atoms with Gasteiger partial charge in [-0.1, -0.05) is 32.7 Å². The van der Waals surface area contributed by atoms with E-state index in [0.29, 0.717) is 17.3 Å². The Balaban J connectivity index is 2.44. The molecule has 0 aliphatic heterocycles. The normalized spacial score (nSPS) is 10.6. The van der Waals surface area contributed by atoms with Crippen LogP contribution >= 0.6 is 27.5 Å². The summed E-state index contributed by atoms with van der Waals surface area (Å²) in [6.07, 6.45) is 0. The molecule has 15 heavy (non-hydrogen) atoms. The Labute approximate surface area is 100 Å². The van der Waals surface area contributed by atoms with E-state index in [9.17, 15) is 0 Å². The lowest BCUT2D eigenvalue weighted by molar-refractivity contribution is 0.387. The number of halogens is 2. The minimum Gasteiger partial charge on any atom is -0.359 e. The summed E-state index contributed by atoms with van der Waals surface area (Å²) in [6.45, 7) is 0.342. The van der Waals surface area contributed by atoms with Crippen LogP contribution < -0.4 is 5.73 Å². The van der Waals surface area contributed by atoms with Crippen molar-refractivity contribution in [3.05, 3.63) is 39.5 Å². The fourth-order valence-corrected chi connectivity index (χ4v) is 2.11. The van der Waals surface area contributed by atoms with E-state index in [1.807, 2.05) is 18.2 Å². The van der Waals surface area contributed by atoms with Crippen LogP contribution in [0.1, 0.15) is 5.76 Å². The predicted octanol–water partition coefficient (Wildman–Crippen LogP) is 3.22. The van der Waals surface area contributed by atoms with Gasteiger partial charge in [0.15, 0.2) is 5.76 Å². The molecule has 0 radical (unpaired) electrons. The van der Waals surface area contributed by atoms with Gasteiger partial charge in [0.2, 0.25) is 0 Å². The first-order valence-corrected chi connectivity index (χ1v) is 5.48. The van der Waals surface area contributed by atoms with Crippen molar-refractivity contribution >= 4 is 27.5 Å². The number of hydrogen-bond acceptors (Lipinski definition) is 3. The van der Waals surface area contributed by atoms with Crippen molar-refractivity contribution in [2.75, 3.05) is 0 Å². The van der Waals surface area contributed by atoms with E-state index in [1.165, 1.54) is 0 Å². The highest BCUT2D eigenvalue weighted by molar-refractivity contribution is 9.10. The maximum atomic E-state index is 5.93. The molecule has 2 rings (SSSR count). The van der Waals surface area contributed by atoms with E-state index in [1.54, 1.807) is 6.07 Å². The topological polar surface area (TPSA) is 52.0 Å². The van der Waals surface area contributed by atoms with E-state index in [-0.39, 0.29) is 0 Å². The quantitative estimate of drug-likeness (QED) is 0.922. The van der Waals surface area contributed by atoms with Crippen molar-refractivity contribution in [3.63, 3.8) is 0 Å². The Morgan fingerprint density at radius 2 is 2.13 bits per heavy atom. The maximum absolute atomic E-state index is 5.93. The SMILES string of the molecule is NCc1cc(-c2cc(Cl)cc(Br)c2)no1. The van der Waals surface area contributed by atoms with E-state index in [4.69, 9.17) is 21.9 Å². The third kappa shape index (κ3) is 2.40. The second-order valence-electron chi connectivity index (χ2n) is 3.04. The van der Waals surface area contributed by atoms with Gasteiger partial charge in [0.25, 0.3) is 0 Å². The molecule has 0 aliphatic carbocycles.